The monoisotopic (exact) mass is 1070 g/mol. The number of carbonyl (C=O) groups excluding carboxylic acids is 2. The molecule has 0 bridgehead atoms. The Labute approximate surface area is 475 Å². The first kappa shape index (κ1) is 74.3. The van der Waals surface area contributed by atoms with Gasteiger partial charge >= 0.3 is 5.97 Å². The van der Waals surface area contributed by atoms with E-state index in [1.165, 1.54) is 308 Å². The molecule has 6 nitrogen and oxygen atoms in total. The number of allylic oxidation sites excluding steroid dienone is 4. The molecule has 450 valence electrons. The maximum Gasteiger partial charge on any atom is 0.305 e. The molecule has 0 spiro atoms. The summed E-state index contributed by atoms with van der Waals surface area (Å²) in [5.74, 6) is -0.0261. The molecule has 0 aliphatic carbocycles. The molecule has 0 saturated carbocycles. The van der Waals surface area contributed by atoms with E-state index in [1.807, 2.05) is 0 Å². The lowest BCUT2D eigenvalue weighted by molar-refractivity contribution is -0.143. The van der Waals surface area contributed by atoms with Crippen molar-refractivity contribution >= 4 is 11.9 Å². The van der Waals surface area contributed by atoms with Gasteiger partial charge in [-0.1, -0.05) is 321 Å². The zero-order valence-corrected chi connectivity index (χ0v) is 51.5. The topological polar surface area (TPSA) is 95.9 Å². The van der Waals surface area contributed by atoms with Gasteiger partial charge in [-0.25, -0.2) is 0 Å². The second-order valence-electron chi connectivity index (χ2n) is 23.9. The first-order chi connectivity index (χ1) is 37.5. The number of aliphatic hydroxyl groups is 2. The van der Waals surface area contributed by atoms with Crippen LogP contribution in [-0.2, 0) is 14.3 Å². The largest absolute Gasteiger partial charge is 0.466 e. The molecule has 0 fully saturated rings. The molecule has 0 saturated heterocycles. The zero-order chi connectivity index (χ0) is 55.0. The molecule has 6 heteroatoms. The predicted octanol–water partition coefficient (Wildman–Crippen LogP) is 22.1. The third-order valence-electron chi connectivity index (χ3n) is 16.2. The average Bonchev–Trinajstić information content (AvgIpc) is 3.42. The molecular weight excluding hydrogens is 935 g/mol. The van der Waals surface area contributed by atoms with Gasteiger partial charge in [0.05, 0.1) is 25.4 Å². The highest BCUT2D eigenvalue weighted by Crippen LogP contribution is 2.18. The minimum absolute atomic E-state index is 0.0100. The van der Waals surface area contributed by atoms with Crippen LogP contribution in [0.25, 0.3) is 0 Å². The lowest BCUT2D eigenvalue weighted by atomic mass is 10.0. The highest BCUT2D eigenvalue weighted by Gasteiger charge is 2.20. The van der Waals surface area contributed by atoms with Gasteiger partial charge in [-0.15, -0.1) is 0 Å². The van der Waals surface area contributed by atoms with Gasteiger partial charge in [0.1, 0.15) is 0 Å². The van der Waals surface area contributed by atoms with Gasteiger partial charge in [-0.05, 0) is 77.0 Å². The number of amides is 1. The van der Waals surface area contributed by atoms with Crippen molar-refractivity contribution in [2.75, 3.05) is 13.2 Å². The Balaban J connectivity index is 3.39. The van der Waals surface area contributed by atoms with E-state index in [9.17, 15) is 19.8 Å². The van der Waals surface area contributed by atoms with E-state index in [1.54, 1.807) is 0 Å². The molecule has 76 heavy (non-hydrogen) atoms. The SMILES string of the molecule is CCCCCCCC/C=C\CCCCCCCCCC(=O)OCCCCCCCCCCCCCC/C=C\CCCCCCCCCCC(=O)NC(CO)C(O)CCCCCCCCCCCCCCCCCCCC. The van der Waals surface area contributed by atoms with Gasteiger partial charge in [0.15, 0.2) is 0 Å². The van der Waals surface area contributed by atoms with Crippen molar-refractivity contribution in [1.82, 2.24) is 5.32 Å². The van der Waals surface area contributed by atoms with Gasteiger partial charge in [-0.3, -0.25) is 9.59 Å². The van der Waals surface area contributed by atoms with Crippen molar-refractivity contribution in [1.29, 1.82) is 0 Å². The van der Waals surface area contributed by atoms with Crippen LogP contribution >= 0.6 is 0 Å². The van der Waals surface area contributed by atoms with Crippen LogP contribution in [-0.4, -0.2) is 47.4 Å². The van der Waals surface area contributed by atoms with Crippen LogP contribution in [0.15, 0.2) is 24.3 Å². The summed E-state index contributed by atoms with van der Waals surface area (Å²) < 4.78 is 5.50. The third kappa shape index (κ3) is 61.6. The molecule has 2 atom stereocenters. The second kappa shape index (κ2) is 65.9. The minimum Gasteiger partial charge on any atom is -0.466 e. The molecule has 0 aromatic rings. The fraction of sp³-hybridized carbons (Fsp3) is 0.914. The van der Waals surface area contributed by atoms with E-state index in [2.05, 4.69) is 43.5 Å². The first-order valence-corrected chi connectivity index (χ1v) is 34.6. The number of carbonyl (C=O) groups is 2. The Morgan fingerprint density at radius 1 is 0.355 bits per heavy atom. The van der Waals surface area contributed by atoms with Crippen LogP contribution < -0.4 is 5.32 Å². The summed E-state index contributed by atoms with van der Waals surface area (Å²) >= 11 is 0. The van der Waals surface area contributed by atoms with Crippen molar-refractivity contribution in [3.63, 3.8) is 0 Å². The van der Waals surface area contributed by atoms with Gasteiger partial charge in [-0.2, -0.15) is 0 Å². The number of aliphatic hydroxyl groups excluding tert-OH is 2. The van der Waals surface area contributed by atoms with Crippen molar-refractivity contribution < 1.29 is 24.5 Å². The molecular formula is C70H135NO5. The molecule has 0 rings (SSSR count). The highest BCUT2D eigenvalue weighted by molar-refractivity contribution is 5.76. The fourth-order valence-electron chi connectivity index (χ4n) is 10.9. The average molecular weight is 1070 g/mol. The maximum absolute atomic E-state index is 12.5. The molecule has 3 N–H and O–H groups in total. The van der Waals surface area contributed by atoms with E-state index in [0.29, 0.717) is 25.9 Å². The summed E-state index contributed by atoms with van der Waals surface area (Å²) in [6.07, 6.45) is 82.1. The summed E-state index contributed by atoms with van der Waals surface area (Å²) in [4.78, 5) is 24.6. The summed E-state index contributed by atoms with van der Waals surface area (Å²) in [6, 6.07) is -0.545. The van der Waals surface area contributed by atoms with E-state index >= 15 is 0 Å². The maximum atomic E-state index is 12.5. The third-order valence-corrected chi connectivity index (χ3v) is 16.2. The standard InChI is InChI=1S/C70H135NO5/c1-3-5-7-9-11-13-15-17-19-21-31-34-38-42-46-50-54-58-62-68(73)67(66-72)71-69(74)63-59-55-51-47-43-39-35-32-28-26-24-22-23-25-27-29-33-37-41-45-49-53-57-61-65-76-70(75)64-60-56-52-48-44-40-36-30-20-18-16-14-12-10-8-6-4-2/h18,20,24,26,67-68,72-73H,3-17,19,21-23,25,27-66H2,1-2H3,(H,71,74)/b20-18-,26-24-. The lowest BCUT2D eigenvalue weighted by Gasteiger charge is -2.22. The van der Waals surface area contributed by atoms with Crippen molar-refractivity contribution in [2.24, 2.45) is 0 Å². The van der Waals surface area contributed by atoms with E-state index < -0.39 is 12.1 Å². The zero-order valence-electron chi connectivity index (χ0n) is 51.5. The second-order valence-corrected chi connectivity index (χ2v) is 23.9. The van der Waals surface area contributed by atoms with Gasteiger partial charge in [0, 0.05) is 12.8 Å². The van der Waals surface area contributed by atoms with Crippen LogP contribution in [0.2, 0.25) is 0 Å². The number of nitrogens with one attached hydrogen (secondary N) is 1. The molecule has 0 aliphatic rings. The van der Waals surface area contributed by atoms with Crippen LogP contribution in [0.1, 0.15) is 386 Å². The van der Waals surface area contributed by atoms with Crippen molar-refractivity contribution in [3.05, 3.63) is 24.3 Å². The van der Waals surface area contributed by atoms with Gasteiger partial charge < -0.3 is 20.3 Å². The predicted molar refractivity (Wildman–Crippen MR) is 333 cm³/mol. The normalized spacial score (nSPS) is 12.6. The highest BCUT2D eigenvalue weighted by atomic mass is 16.5. The molecule has 0 aliphatic heterocycles. The molecule has 0 radical (unpaired) electrons. The Morgan fingerprint density at radius 2 is 0.618 bits per heavy atom. The molecule has 0 aromatic carbocycles. The first-order valence-electron chi connectivity index (χ1n) is 34.6. The van der Waals surface area contributed by atoms with Crippen LogP contribution in [0.3, 0.4) is 0 Å². The van der Waals surface area contributed by atoms with Crippen molar-refractivity contribution in [3.8, 4) is 0 Å². The summed E-state index contributed by atoms with van der Waals surface area (Å²) in [6.45, 7) is 4.98. The number of hydrogen-bond donors (Lipinski definition) is 3. The van der Waals surface area contributed by atoms with E-state index in [0.717, 1.165) is 44.9 Å². The van der Waals surface area contributed by atoms with E-state index in [4.69, 9.17) is 4.74 Å². The smallest absolute Gasteiger partial charge is 0.305 e. The number of esters is 1. The van der Waals surface area contributed by atoms with Crippen LogP contribution in [0.4, 0.5) is 0 Å². The Morgan fingerprint density at radius 3 is 0.934 bits per heavy atom. The number of ether oxygens (including phenoxy) is 1. The summed E-state index contributed by atoms with van der Waals surface area (Å²) in [5, 5.41) is 23.4. The van der Waals surface area contributed by atoms with Gasteiger partial charge in [0.25, 0.3) is 0 Å². The molecule has 2 unspecified atom stereocenters. The number of hydrogen-bond acceptors (Lipinski definition) is 5. The van der Waals surface area contributed by atoms with E-state index in [-0.39, 0.29) is 18.5 Å². The number of rotatable bonds is 65. The fourth-order valence-corrected chi connectivity index (χ4v) is 10.9. The minimum atomic E-state index is -0.668. The summed E-state index contributed by atoms with van der Waals surface area (Å²) in [7, 11) is 0. The number of unbranched alkanes of at least 4 members (excludes halogenated alkanes) is 50. The molecule has 1 amide bonds. The Hall–Kier alpha value is -1.66. The molecule has 0 aromatic heterocycles. The van der Waals surface area contributed by atoms with Gasteiger partial charge in [0.2, 0.25) is 5.91 Å². The lowest BCUT2D eigenvalue weighted by Crippen LogP contribution is -2.45. The Bertz CT molecular complexity index is 1190. The van der Waals surface area contributed by atoms with Crippen LogP contribution in [0.5, 0.6) is 0 Å². The molecule has 0 heterocycles. The quantitative estimate of drug-likeness (QED) is 0.0320. The van der Waals surface area contributed by atoms with Crippen LogP contribution in [0, 0.1) is 0 Å². The van der Waals surface area contributed by atoms with Crippen molar-refractivity contribution in [2.45, 2.75) is 398 Å². The summed E-state index contributed by atoms with van der Waals surface area (Å²) in [5.41, 5.74) is 0. The Kier molecular flexibility index (Phi) is 64.4.